The largest absolute Gasteiger partial charge is 0.499 e. The highest BCUT2D eigenvalue weighted by atomic mass is 35.5. The Balaban J connectivity index is 1.54. The van der Waals surface area contributed by atoms with Gasteiger partial charge in [0.1, 0.15) is 5.56 Å². The molecule has 30 heavy (non-hydrogen) atoms. The summed E-state index contributed by atoms with van der Waals surface area (Å²) in [5, 5.41) is 26.4. The molecule has 3 aliphatic carbocycles. The van der Waals surface area contributed by atoms with Gasteiger partial charge in [-0.15, -0.1) is 0 Å². The standard InChI is InChI=1S/C20H24ClN3O6/c1-30-14-7-13(21)15(16(17(14)25)24(28)29)18(26)22-19(27)23-20-4-2-3-11-5-10(8-20)6-12(11)9-20/h7,10-12,25H,2-6,8-9H2,1H3,(H2,22,23,26,27). The van der Waals surface area contributed by atoms with Crippen LogP contribution in [0.5, 0.6) is 11.5 Å². The molecule has 3 amide bonds. The third-order valence-electron chi connectivity index (χ3n) is 6.93. The lowest BCUT2D eigenvalue weighted by Gasteiger charge is -2.40. The van der Waals surface area contributed by atoms with Crippen LogP contribution in [0.25, 0.3) is 0 Å². The number of aromatic hydroxyl groups is 1. The number of nitrogens with one attached hydrogen (secondary N) is 2. The van der Waals surface area contributed by atoms with Crippen molar-refractivity contribution in [2.45, 2.75) is 50.5 Å². The number of fused-ring (bicyclic) bond motifs is 2. The number of benzene rings is 1. The van der Waals surface area contributed by atoms with Gasteiger partial charge in [0.25, 0.3) is 5.91 Å². The molecule has 3 bridgehead atoms. The molecule has 0 heterocycles. The van der Waals surface area contributed by atoms with Crippen molar-refractivity contribution in [2.24, 2.45) is 17.8 Å². The van der Waals surface area contributed by atoms with Crippen LogP contribution in [-0.2, 0) is 0 Å². The van der Waals surface area contributed by atoms with Crippen molar-refractivity contribution in [3.63, 3.8) is 0 Å². The van der Waals surface area contributed by atoms with E-state index in [2.05, 4.69) is 10.6 Å². The lowest BCUT2D eigenvalue weighted by molar-refractivity contribution is -0.386. The summed E-state index contributed by atoms with van der Waals surface area (Å²) in [5.41, 5.74) is -1.84. The molecule has 4 unspecified atom stereocenters. The molecule has 10 heteroatoms. The molecule has 3 fully saturated rings. The average molecular weight is 438 g/mol. The molecule has 3 saturated carbocycles. The molecular formula is C20H24ClN3O6. The molecule has 4 atom stereocenters. The van der Waals surface area contributed by atoms with Crippen molar-refractivity contribution >= 4 is 29.2 Å². The van der Waals surface area contributed by atoms with E-state index in [9.17, 15) is 24.8 Å². The van der Waals surface area contributed by atoms with E-state index in [0.717, 1.165) is 37.7 Å². The third-order valence-corrected chi connectivity index (χ3v) is 7.23. The molecule has 162 valence electrons. The Kier molecular flexibility index (Phi) is 5.25. The SMILES string of the molecule is COc1cc(Cl)c(C(=O)NC(=O)NC23CCCC4CC(CC4C2)C3)c([N+](=O)[O-])c1O. The zero-order valence-corrected chi connectivity index (χ0v) is 17.3. The van der Waals surface area contributed by atoms with Gasteiger partial charge in [-0.2, -0.15) is 0 Å². The number of amides is 3. The third kappa shape index (κ3) is 3.55. The number of nitro benzene ring substituents is 1. The van der Waals surface area contributed by atoms with Crippen molar-refractivity contribution in [2.75, 3.05) is 7.11 Å². The van der Waals surface area contributed by atoms with Crippen LogP contribution in [-0.4, -0.2) is 34.6 Å². The minimum atomic E-state index is -1.05. The van der Waals surface area contributed by atoms with Crippen molar-refractivity contribution in [1.29, 1.82) is 0 Å². The maximum absolute atomic E-state index is 12.7. The van der Waals surface area contributed by atoms with Crippen molar-refractivity contribution in [1.82, 2.24) is 10.6 Å². The molecule has 0 saturated heterocycles. The number of halogens is 1. The number of nitrogens with zero attached hydrogens (tertiary/aromatic N) is 1. The van der Waals surface area contributed by atoms with Gasteiger partial charge in [-0.25, -0.2) is 4.79 Å². The van der Waals surface area contributed by atoms with Gasteiger partial charge in [-0.3, -0.25) is 20.2 Å². The van der Waals surface area contributed by atoms with Gasteiger partial charge in [0, 0.05) is 11.6 Å². The van der Waals surface area contributed by atoms with E-state index in [1.807, 2.05) is 0 Å². The Hall–Kier alpha value is -2.55. The topological polar surface area (TPSA) is 131 Å². The van der Waals surface area contributed by atoms with Gasteiger partial charge in [-0.05, 0) is 49.9 Å². The molecule has 1 aromatic rings. The Morgan fingerprint density at radius 1 is 1.33 bits per heavy atom. The van der Waals surface area contributed by atoms with Crippen LogP contribution in [0.15, 0.2) is 6.07 Å². The first-order valence-corrected chi connectivity index (χ1v) is 10.5. The van der Waals surface area contributed by atoms with E-state index in [1.54, 1.807) is 0 Å². The number of methoxy groups -OCH3 is 1. The summed E-state index contributed by atoms with van der Waals surface area (Å²) in [4.78, 5) is 35.9. The van der Waals surface area contributed by atoms with Gasteiger partial charge in [0.15, 0.2) is 5.75 Å². The highest BCUT2D eigenvalue weighted by molar-refractivity contribution is 6.35. The summed E-state index contributed by atoms with van der Waals surface area (Å²) >= 11 is 6.04. The summed E-state index contributed by atoms with van der Waals surface area (Å²) in [6.45, 7) is 0. The normalized spacial score (nSPS) is 29.2. The second-order valence-electron chi connectivity index (χ2n) is 8.74. The highest BCUT2D eigenvalue weighted by Crippen LogP contribution is 2.55. The summed E-state index contributed by atoms with van der Waals surface area (Å²) in [6.07, 6.45) is 7.29. The quantitative estimate of drug-likeness (QED) is 0.485. The fourth-order valence-corrected chi connectivity index (χ4v) is 6.18. The van der Waals surface area contributed by atoms with E-state index >= 15 is 0 Å². The van der Waals surface area contributed by atoms with Crippen LogP contribution in [0.3, 0.4) is 0 Å². The molecule has 1 aromatic carbocycles. The average Bonchev–Trinajstić information content (AvgIpc) is 2.88. The van der Waals surface area contributed by atoms with E-state index < -0.39 is 33.9 Å². The summed E-state index contributed by atoms with van der Waals surface area (Å²) in [5.74, 6) is -0.180. The number of nitro groups is 1. The monoisotopic (exact) mass is 437 g/mol. The van der Waals surface area contributed by atoms with Gasteiger partial charge in [-0.1, -0.05) is 24.4 Å². The summed E-state index contributed by atoms with van der Waals surface area (Å²) < 4.78 is 4.85. The molecule has 4 rings (SSSR count). The lowest BCUT2D eigenvalue weighted by Crippen LogP contribution is -2.55. The first kappa shape index (κ1) is 20.7. The van der Waals surface area contributed by atoms with Crippen molar-refractivity contribution in [3.8, 4) is 11.5 Å². The number of hydrogen-bond acceptors (Lipinski definition) is 6. The number of imide groups is 1. The Morgan fingerprint density at radius 2 is 2.07 bits per heavy atom. The number of carbonyl (C=O) groups excluding carboxylic acids is 2. The number of phenols is 1. The second kappa shape index (κ2) is 7.61. The van der Waals surface area contributed by atoms with Crippen molar-refractivity contribution < 1.29 is 24.4 Å². The van der Waals surface area contributed by atoms with Gasteiger partial charge >= 0.3 is 11.7 Å². The zero-order chi connectivity index (χ0) is 21.6. The molecule has 9 nitrogen and oxygen atoms in total. The van der Waals surface area contributed by atoms with Crippen LogP contribution in [0.2, 0.25) is 5.02 Å². The fourth-order valence-electron chi connectivity index (χ4n) is 5.91. The second-order valence-corrected chi connectivity index (χ2v) is 9.14. The molecule has 3 aliphatic rings. The molecule has 0 spiro atoms. The van der Waals surface area contributed by atoms with Crippen LogP contribution in [0.1, 0.15) is 55.3 Å². The molecule has 0 radical (unpaired) electrons. The first-order chi connectivity index (χ1) is 14.2. The Labute approximate surface area is 178 Å². The molecular weight excluding hydrogens is 414 g/mol. The predicted octanol–water partition coefficient (Wildman–Crippen LogP) is 3.76. The van der Waals surface area contributed by atoms with Gasteiger partial charge in [0.05, 0.1) is 17.1 Å². The van der Waals surface area contributed by atoms with Crippen molar-refractivity contribution in [3.05, 3.63) is 26.8 Å². The summed E-state index contributed by atoms with van der Waals surface area (Å²) in [7, 11) is 1.20. The van der Waals surface area contributed by atoms with Crippen LogP contribution in [0, 0.1) is 27.9 Å². The van der Waals surface area contributed by atoms with Gasteiger partial charge < -0.3 is 15.2 Å². The number of urea groups is 1. The van der Waals surface area contributed by atoms with E-state index in [1.165, 1.54) is 26.4 Å². The Morgan fingerprint density at radius 3 is 2.77 bits per heavy atom. The predicted molar refractivity (Wildman–Crippen MR) is 108 cm³/mol. The fraction of sp³-hybridized carbons (Fsp3) is 0.600. The van der Waals surface area contributed by atoms with Gasteiger partial charge in [0.2, 0.25) is 5.75 Å². The minimum Gasteiger partial charge on any atom is -0.499 e. The minimum absolute atomic E-state index is 0.239. The number of ether oxygens (including phenoxy) is 1. The molecule has 0 aromatic heterocycles. The lowest BCUT2D eigenvalue weighted by atomic mass is 9.73. The molecule has 3 N–H and O–H groups in total. The number of carbonyl (C=O) groups is 2. The van der Waals surface area contributed by atoms with Crippen LogP contribution in [0.4, 0.5) is 10.5 Å². The van der Waals surface area contributed by atoms with E-state index in [4.69, 9.17) is 16.3 Å². The van der Waals surface area contributed by atoms with E-state index in [0.29, 0.717) is 11.8 Å². The number of phenolic OH excluding ortho intramolecular Hbond substituents is 1. The molecule has 0 aliphatic heterocycles. The first-order valence-electron chi connectivity index (χ1n) is 10.1. The Bertz CT molecular complexity index is 922. The number of rotatable bonds is 4. The van der Waals surface area contributed by atoms with Crippen LogP contribution < -0.4 is 15.4 Å². The van der Waals surface area contributed by atoms with E-state index in [-0.39, 0.29) is 16.3 Å². The highest BCUT2D eigenvalue weighted by Gasteiger charge is 2.50. The maximum atomic E-state index is 12.7. The number of hydrogen-bond donors (Lipinski definition) is 3. The van der Waals surface area contributed by atoms with Crippen LogP contribution >= 0.6 is 11.6 Å². The summed E-state index contributed by atoms with van der Waals surface area (Å²) in [6, 6.07) is 0.389. The zero-order valence-electron chi connectivity index (χ0n) is 16.6. The maximum Gasteiger partial charge on any atom is 0.328 e. The smallest absolute Gasteiger partial charge is 0.328 e.